The van der Waals surface area contributed by atoms with Gasteiger partial charge < -0.3 is 10.1 Å². The fourth-order valence-electron chi connectivity index (χ4n) is 1.21. The lowest BCUT2D eigenvalue weighted by molar-refractivity contribution is 0.0185. The molecule has 2 nitrogen and oxygen atoms in total. The first-order chi connectivity index (χ1) is 7.03. The fourth-order valence-corrected chi connectivity index (χ4v) is 1.61. The van der Waals surface area contributed by atoms with Crippen molar-refractivity contribution in [1.29, 1.82) is 0 Å². The van der Waals surface area contributed by atoms with Crippen LogP contribution in [-0.2, 0) is 4.74 Å². The van der Waals surface area contributed by atoms with E-state index in [9.17, 15) is 0 Å². The molecule has 3 heteroatoms. The third kappa shape index (κ3) is 4.67. The van der Waals surface area contributed by atoms with Gasteiger partial charge in [-0.05, 0) is 38.5 Å². The van der Waals surface area contributed by atoms with Crippen LogP contribution in [0.3, 0.4) is 0 Å². The van der Waals surface area contributed by atoms with Gasteiger partial charge in [-0.2, -0.15) is 0 Å². The molecule has 1 N–H and O–H groups in total. The number of ether oxygens (including phenoxy) is 1. The predicted molar refractivity (Wildman–Crippen MR) is 68.3 cm³/mol. The third-order valence-corrected chi connectivity index (χ3v) is 2.93. The Morgan fingerprint density at radius 1 is 1.40 bits per heavy atom. The predicted octanol–water partition coefficient (Wildman–Crippen LogP) is 3.68. The van der Waals surface area contributed by atoms with Crippen LogP contribution in [0.15, 0.2) is 28.7 Å². The van der Waals surface area contributed by atoms with Crippen molar-refractivity contribution in [2.75, 3.05) is 19.0 Å². The van der Waals surface area contributed by atoms with Gasteiger partial charge >= 0.3 is 0 Å². The van der Waals surface area contributed by atoms with Gasteiger partial charge in [-0.1, -0.05) is 22.0 Å². The molecule has 0 aromatic heterocycles. The number of hydrogen-bond donors (Lipinski definition) is 1. The van der Waals surface area contributed by atoms with E-state index in [1.165, 1.54) is 0 Å². The molecule has 0 amide bonds. The Bertz CT molecular complexity index is 312. The van der Waals surface area contributed by atoms with E-state index in [2.05, 4.69) is 47.2 Å². The number of hydrogen-bond acceptors (Lipinski definition) is 2. The quantitative estimate of drug-likeness (QED) is 0.882. The van der Waals surface area contributed by atoms with Gasteiger partial charge in [-0.25, -0.2) is 0 Å². The Morgan fingerprint density at radius 2 is 2.13 bits per heavy atom. The zero-order chi connectivity index (χ0) is 11.3. The molecule has 0 aliphatic heterocycles. The highest BCUT2D eigenvalue weighted by molar-refractivity contribution is 9.10. The Hall–Kier alpha value is -0.540. The van der Waals surface area contributed by atoms with Crippen LogP contribution in [0, 0.1) is 0 Å². The van der Waals surface area contributed by atoms with E-state index in [4.69, 9.17) is 4.74 Å². The molecule has 0 saturated heterocycles. The Balaban J connectivity index is 2.38. The highest BCUT2D eigenvalue weighted by atomic mass is 79.9. The van der Waals surface area contributed by atoms with Gasteiger partial charge in [-0.3, -0.25) is 0 Å². The molecule has 0 bridgehead atoms. The minimum absolute atomic E-state index is 0.0565. The highest BCUT2D eigenvalue weighted by Gasteiger charge is 2.14. The van der Waals surface area contributed by atoms with Gasteiger partial charge in [0.15, 0.2) is 0 Å². The van der Waals surface area contributed by atoms with E-state index >= 15 is 0 Å². The standard InChI is InChI=1S/C12H18BrNO/c1-12(2,15-3)7-8-14-11-6-4-5-10(13)9-11/h4-6,9,14H,7-8H2,1-3H3. The van der Waals surface area contributed by atoms with E-state index in [1.54, 1.807) is 7.11 Å². The molecular formula is C12H18BrNO. The molecule has 0 radical (unpaired) electrons. The summed E-state index contributed by atoms with van der Waals surface area (Å²) in [5.41, 5.74) is 1.08. The zero-order valence-electron chi connectivity index (χ0n) is 9.51. The van der Waals surface area contributed by atoms with Crippen LogP contribution >= 0.6 is 15.9 Å². The van der Waals surface area contributed by atoms with Gasteiger partial charge in [-0.15, -0.1) is 0 Å². The minimum atomic E-state index is -0.0565. The molecule has 0 saturated carbocycles. The lowest BCUT2D eigenvalue weighted by Gasteiger charge is -2.23. The van der Waals surface area contributed by atoms with Crippen molar-refractivity contribution in [2.24, 2.45) is 0 Å². The highest BCUT2D eigenvalue weighted by Crippen LogP contribution is 2.17. The molecule has 0 aliphatic carbocycles. The van der Waals surface area contributed by atoms with Crippen LogP contribution < -0.4 is 5.32 Å². The van der Waals surface area contributed by atoms with E-state index in [0.717, 1.165) is 23.1 Å². The summed E-state index contributed by atoms with van der Waals surface area (Å²) >= 11 is 3.44. The van der Waals surface area contributed by atoms with Crippen molar-refractivity contribution < 1.29 is 4.74 Å². The van der Waals surface area contributed by atoms with E-state index in [1.807, 2.05) is 12.1 Å². The summed E-state index contributed by atoms with van der Waals surface area (Å²) < 4.78 is 6.45. The van der Waals surface area contributed by atoms with Crippen LogP contribution in [0.25, 0.3) is 0 Å². The average Bonchev–Trinajstić information content (AvgIpc) is 2.18. The van der Waals surface area contributed by atoms with Crippen LogP contribution in [0.1, 0.15) is 20.3 Å². The number of halogens is 1. The number of rotatable bonds is 5. The van der Waals surface area contributed by atoms with Crippen molar-refractivity contribution in [3.8, 4) is 0 Å². The maximum Gasteiger partial charge on any atom is 0.0639 e. The second-order valence-corrected chi connectivity index (χ2v) is 5.07. The van der Waals surface area contributed by atoms with Gasteiger partial charge in [0.1, 0.15) is 0 Å². The maximum absolute atomic E-state index is 5.35. The van der Waals surface area contributed by atoms with E-state index in [0.29, 0.717) is 0 Å². The van der Waals surface area contributed by atoms with Crippen LogP contribution in [-0.4, -0.2) is 19.3 Å². The molecule has 1 aromatic carbocycles. The molecule has 0 unspecified atom stereocenters. The summed E-state index contributed by atoms with van der Waals surface area (Å²) in [6, 6.07) is 8.17. The summed E-state index contributed by atoms with van der Waals surface area (Å²) in [5.74, 6) is 0. The van der Waals surface area contributed by atoms with E-state index < -0.39 is 0 Å². The van der Waals surface area contributed by atoms with Crippen molar-refractivity contribution in [2.45, 2.75) is 25.9 Å². The summed E-state index contributed by atoms with van der Waals surface area (Å²) in [6.45, 7) is 5.10. The molecule has 0 atom stereocenters. The fraction of sp³-hybridized carbons (Fsp3) is 0.500. The average molecular weight is 272 g/mol. The Kier molecular flexibility index (Phi) is 4.61. The van der Waals surface area contributed by atoms with Gasteiger partial charge in [0.2, 0.25) is 0 Å². The Labute approximate surface area is 100 Å². The molecular weight excluding hydrogens is 254 g/mol. The number of methoxy groups -OCH3 is 1. The lowest BCUT2D eigenvalue weighted by atomic mass is 10.1. The molecule has 1 aromatic rings. The van der Waals surface area contributed by atoms with Crippen molar-refractivity contribution >= 4 is 21.6 Å². The molecule has 0 aliphatic rings. The smallest absolute Gasteiger partial charge is 0.0639 e. The van der Waals surface area contributed by atoms with Gasteiger partial charge in [0.05, 0.1) is 5.60 Å². The zero-order valence-corrected chi connectivity index (χ0v) is 11.1. The van der Waals surface area contributed by atoms with Crippen LogP contribution in [0.5, 0.6) is 0 Å². The molecule has 0 heterocycles. The Morgan fingerprint density at radius 3 is 2.73 bits per heavy atom. The van der Waals surface area contributed by atoms with Crippen molar-refractivity contribution in [1.82, 2.24) is 0 Å². The maximum atomic E-state index is 5.35. The summed E-state index contributed by atoms with van der Waals surface area (Å²) in [7, 11) is 1.75. The number of benzene rings is 1. The lowest BCUT2D eigenvalue weighted by Crippen LogP contribution is -2.25. The molecule has 15 heavy (non-hydrogen) atoms. The SMILES string of the molecule is COC(C)(C)CCNc1cccc(Br)c1. The second kappa shape index (κ2) is 5.52. The van der Waals surface area contributed by atoms with Gasteiger partial charge in [0.25, 0.3) is 0 Å². The summed E-state index contributed by atoms with van der Waals surface area (Å²) in [5, 5.41) is 3.37. The van der Waals surface area contributed by atoms with Crippen LogP contribution in [0.4, 0.5) is 5.69 Å². The molecule has 84 valence electrons. The third-order valence-electron chi connectivity index (χ3n) is 2.43. The summed E-state index contributed by atoms with van der Waals surface area (Å²) in [4.78, 5) is 0. The first kappa shape index (κ1) is 12.5. The molecule has 1 rings (SSSR count). The normalized spacial score (nSPS) is 11.5. The second-order valence-electron chi connectivity index (χ2n) is 4.15. The number of nitrogens with one attached hydrogen (secondary N) is 1. The monoisotopic (exact) mass is 271 g/mol. The first-order valence-electron chi connectivity index (χ1n) is 5.08. The largest absolute Gasteiger partial charge is 0.385 e. The molecule has 0 spiro atoms. The van der Waals surface area contributed by atoms with E-state index in [-0.39, 0.29) is 5.60 Å². The number of anilines is 1. The van der Waals surface area contributed by atoms with Gasteiger partial charge in [0, 0.05) is 23.8 Å². The minimum Gasteiger partial charge on any atom is -0.385 e. The van der Waals surface area contributed by atoms with Crippen molar-refractivity contribution in [3.05, 3.63) is 28.7 Å². The van der Waals surface area contributed by atoms with Crippen LogP contribution in [0.2, 0.25) is 0 Å². The first-order valence-corrected chi connectivity index (χ1v) is 5.87. The molecule has 0 fully saturated rings. The van der Waals surface area contributed by atoms with Crippen molar-refractivity contribution in [3.63, 3.8) is 0 Å². The topological polar surface area (TPSA) is 21.3 Å². The summed E-state index contributed by atoms with van der Waals surface area (Å²) in [6.07, 6.45) is 0.982.